The summed E-state index contributed by atoms with van der Waals surface area (Å²) in [7, 11) is -7.63. The Balaban J connectivity index is 1.65. The first-order valence-corrected chi connectivity index (χ1v) is 12.7. The molecule has 0 fully saturated rings. The number of ether oxygens (including phenoxy) is 1. The average Bonchev–Trinajstić information content (AvgIpc) is 2.79. The number of hydrogen-bond acceptors (Lipinski definition) is 7. The van der Waals surface area contributed by atoms with Gasteiger partial charge in [-0.15, -0.1) is 0 Å². The highest BCUT2D eigenvalue weighted by Gasteiger charge is 2.20. The lowest BCUT2D eigenvalue weighted by Crippen LogP contribution is -2.03. The first kappa shape index (κ1) is 22.4. The molecular formula is C24H20N2O5S2. The minimum Gasteiger partial charge on any atom is -0.457 e. The number of rotatable bonds is 6. The summed E-state index contributed by atoms with van der Waals surface area (Å²) in [5.41, 5.74) is 12.1. The molecule has 0 aliphatic heterocycles. The smallest absolute Gasteiger partial charge is 0.206 e. The average molecular weight is 481 g/mol. The van der Waals surface area contributed by atoms with Gasteiger partial charge in [-0.3, -0.25) is 0 Å². The lowest BCUT2D eigenvalue weighted by atomic mass is 10.3. The fourth-order valence-electron chi connectivity index (χ4n) is 3.18. The molecule has 0 spiro atoms. The van der Waals surface area contributed by atoms with Gasteiger partial charge in [0.25, 0.3) is 0 Å². The molecule has 0 bridgehead atoms. The van der Waals surface area contributed by atoms with Crippen molar-refractivity contribution in [3.05, 3.63) is 97.1 Å². The Morgan fingerprint density at radius 3 is 1.18 bits per heavy atom. The first-order valence-electron chi connectivity index (χ1n) is 9.75. The van der Waals surface area contributed by atoms with Crippen LogP contribution in [0.2, 0.25) is 0 Å². The summed E-state index contributed by atoms with van der Waals surface area (Å²) in [6.45, 7) is 0. The number of nitrogen functional groups attached to an aromatic ring is 2. The monoisotopic (exact) mass is 480 g/mol. The quantitative estimate of drug-likeness (QED) is 0.393. The topological polar surface area (TPSA) is 130 Å². The van der Waals surface area contributed by atoms with Crippen LogP contribution in [0.1, 0.15) is 0 Å². The van der Waals surface area contributed by atoms with Crippen molar-refractivity contribution in [2.45, 2.75) is 19.6 Å². The van der Waals surface area contributed by atoms with Crippen molar-refractivity contribution in [3.63, 3.8) is 0 Å². The predicted octanol–water partition coefficient (Wildman–Crippen LogP) is 4.31. The third kappa shape index (κ3) is 4.69. The van der Waals surface area contributed by atoms with Crippen LogP contribution in [0.15, 0.2) is 117 Å². The molecule has 0 unspecified atom stereocenters. The van der Waals surface area contributed by atoms with Crippen LogP contribution in [0.25, 0.3) is 0 Å². The summed E-state index contributed by atoms with van der Waals surface area (Å²) in [4.78, 5) is 0.174. The Hall–Kier alpha value is -3.82. The standard InChI is InChI=1S/C24H20N2O5S2/c25-17-5-1-9-21(13-17)32(27,28)23-11-3-7-19(15-23)31-20-8-4-12-24(16-20)33(29,30)22-10-2-6-18(26)14-22/h1-16H,25-26H2. The SMILES string of the molecule is Nc1cccc(S(=O)(=O)c2cccc(Oc3cccc(S(=O)(=O)c4cccc(N)c4)c3)c2)c1. The summed E-state index contributed by atoms with van der Waals surface area (Å²) < 4.78 is 57.6. The van der Waals surface area contributed by atoms with Gasteiger partial charge in [-0.05, 0) is 72.8 Å². The molecule has 168 valence electrons. The number of sulfone groups is 2. The maximum atomic E-state index is 13.0. The molecule has 4 aromatic rings. The maximum Gasteiger partial charge on any atom is 0.206 e. The van der Waals surface area contributed by atoms with Gasteiger partial charge in [-0.25, -0.2) is 16.8 Å². The lowest BCUT2D eigenvalue weighted by Gasteiger charge is -2.11. The molecule has 0 aromatic heterocycles. The maximum absolute atomic E-state index is 13.0. The van der Waals surface area contributed by atoms with E-state index in [1.807, 2.05) is 0 Å². The molecule has 0 heterocycles. The zero-order valence-corrected chi connectivity index (χ0v) is 18.9. The molecule has 7 nitrogen and oxygen atoms in total. The van der Waals surface area contributed by atoms with Gasteiger partial charge < -0.3 is 16.2 Å². The third-order valence-electron chi connectivity index (χ3n) is 4.80. The molecule has 0 saturated carbocycles. The highest BCUT2D eigenvalue weighted by Crippen LogP contribution is 2.30. The first-order chi connectivity index (χ1) is 15.7. The van der Waals surface area contributed by atoms with Gasteiger partial charge in [0.2, 0.25) is 19.7 Å². The molecule has 0 atom stereocenters. The van der Waals surface area contributed by atoms with E-state index in [-0.39, 0.29) is 31.1 Å². The Bertz CT molecular complexity index is 1430. The summed E-state index contributed by atoms with van der Waals surface area (Å²) in [6, 6.07) is 23.9. The van der Waals surface area contributed by atoms with E-state index in [9.17, 15) is 16.8 Å². The molecule has 4 rings (SSSR count). The van der Waals surface area contributed by atoms with Gasteiger partial charge in [0.05, 0.1) is 19.6 Å². The number of hydrogen-bond donors (Lipinski definition) is 2. The van der Waals surface area contributed by atoms with Gasteiger partial charge in [0.15, 0.2) is 0 Å². The number of benzene rings is 4. The Kier molecular flexibility index (Phi) is 5.84. The van der Waals surface area contributed by atoms with Crippen molar-refractivity contribution in [2.75, 3.05) is 11.5 Å². The van der Waals surface area contributed by atoms with Crippen molar-refractivity contribution >= 4 is 31.0 Å². The van der Waals surface area contributed by atoms with Gasteiger partial charge in [0.1, 0.15) is 11.5 Å². The summed E-state index contributed by atoms with van der Waals surface area (Å²) in [6.07, 6.45) is 0. The fourth-order valence-corrected chi connectivity index (χ4v) is 5.88. The van der Waals surface area contributed by atoms with E-state index in [2.05, 4.69) is 0 Å². The summed E-state index contributed by atoms with van der Waals surface area (Å²) in [5.74, 6) is 0.469. The zero-order chi connectivity index (χ0) is 23.6. The largest absolute Gasteiger partial charge is 0.457 e. The molecule has 0 saturated heterocycles. The molecule has 4 N–H and O–H groups in total. The van der Waals surface area contributed by atoms with Crippen molar-refractivity contribution in [1.82, 2.24) is 0 Å². The van der Waals surface area contributed by atoms with E-state index < -0.39 is 19.7 Å². The second kappa shape index (κ2) is 8.61. The minimum atomic E-state index is -3.82. The van der Waals surface area contributed by atoms with Gasteiger partial charge in [-0.1, -0.05) is 24.3 Å². The van der Waals surface area contributed by atoms with Crippen LogP contribution in [-0.4, -0.2) is 16.8 Å². The summed E-state index contributed by atoms with van der Waals surface area (Å²) >= 11 is 0. The Morgan fingerprint density at radius 1 is 0.485 bits per heavy atom. The van der Waals surface area contributed by atoms with Crippen molar-refractivity contribution in [1.29, 1.82) is 0 Å². The molecule has 33 heavy (non-hydrogen) atoms. The zero-order valence-electron chi connectivity index (χ0n) is 17.3. The molecular weight excluding hydrogens is 460 g/mol. The molecule has 4 aromatic carbocycles. The Labute approximate surface area is 192 Å². The molecule has 0 amide bonds. The van der Waals surface area contributed by atoms with Crippen LogP contribution >= 0.6 is 0 Å². The van der Waals surface area contributed by atoms with Crippen LogP contribution in [-0.2, 0) is 19.7 Å². The van der Waals surface area contributed by atoms with Gasteiger partial charge >= 0.3 is 0 Å². The Morgan fingerprint density at radius 2 is 0.818 bits per heavy atom. The van der Waals surface area contributed by atoms with E-state index in [4.69, 9.17) is 16.2 Å². The fraction of sp³-hybridized carbons (Fsp3) is 0. The van der Waals surface area contributed by atoms with Gasteiger partial charge in [-0.2, -0.15) is 0 Å². The van der Waals surface area contributed by atoms with Crippen LogP contribution in [0, 0.1) is 0 Å². The minimum absolute atomic E-state index is 0.0223. The van der Waals surface area contributed by atoms with E-state index >= 15 is 0 Å². The second-order valence-electron chi connectivity index (χ2n) is 7.20. The van der Waals surface area contributed by atoms with Crippen molar-refractivity contribution in [3.8, 4) is 11.5 Å². The number of nitrogens with two attached hydrogens (primary N) is 2. The molecule has 0 aliphatic carbocycles. The van der Waals surface area contributed by atoms with E-state index in [1.165, 1.54) is 48.5 Å². The van der Waals surface area contributed by atoms with E-state index in [0.717, 1.165) is 0 Å². The molecule has 0 radical (unpaired) electrons. The third-order valence-corrected chi connectivity index (χ3v) is 8.30. The number of anilines is 2. The van der Waals surface area contributed by atoms with Crippen LogP contribution in [0.5, 0.6) is 11.5 Å². The van der Waals surface area contributed by atoms with Crippen molar-refractivity contribution in [2.24, 2.45) is 0 Å². The van der Waals surface area contributed by atoms with Crippen LogP contribution in [0.4, 0.5) is 11.4 Å². The normalized spacial score (nSPS) is 11.8. The summed E-state index contributed by atoms with van der Waals surface area (Å²) in [5, 5.41) is 0. The van der Waals surface area contributed by atoms with E-state index in [1.54, 1.807) is 48.5 Å². The highest BCUT2D eigenvalue weighted by molar-refractivity contribution is 7.91. The van der Waals surface area contributed by atoms with Gasteiger partial charge in [0, 0.05) is 11.4 Å². The second-order valence-corrected chi connectivity index (χ2v) is 11.1. The lowest BCUT2D eigenvalue weighted by molar-refractivity contribution is 0.479. The van der Waals surface area contributed by atoms with Crippen molar-refractivity contribution < 1.29 is 21.6 Å². The van der Waals surface area contributed by atoms with Crippen LogP contribution < -0.4 is 16.2 Å². The molecule has 0 aliphatic rings. The molecule has 9 heteroatoms. The van der Waals surface area contributed by atoms with E-state index in [0.29, 0.717) is 11.4 Å². The van der Waals surface area contributed by atoms with Crippen LogP contribution in [0.3, 0.4) is 0 Å². The predicted molar refractivity (Wildman–Crippen MR) is 126 cm³/mol. The highest BCUT2D eigenvalue weighted by atomic mass is 32.2.